The second-order valence-electron chi connectivity index (χ2n) is 7.31. The van der Waals surface area contributed by atoms with E-state index in [0.717, 1.165) is 19.6 Å². The zero-order valence-electron chi connectivity index (χ0n) is 17.1. The van der Waals surface area contributed by atoms with Crippen molar-refractivity contribution in [2.75, 3.05) is 32.7 Å². The first-order chi connectivity index (χ1) is 15.0. The second-order valence-corrected chi connectivity index (χ2v) is 7.72. The Balaban J connectivity index is 1.73. The van der Waals surface area contributed by atoms with Gasteiger partial charge in [-0.3, -0.25) is 14.9 Å². The highest BCUT2D eigenvalue weighted by Gasteiger charge is 2.26. The normalized spacial score (nSPS) is 14.6. The summed E-state index contributed by atoms with van der Waals surface area (Å²) in [6.07, 6.45) is 0. The molecule has 0 spiro atoms. The lowest BCUT2D eigenvalue weighted by Gasteiger charge is -2.34. The van der Waals surface area contributed by atoms with Crippen LogP contribution in [0, 0.1) is 10.1 Å². The quantitative estimate of drug-likeness (QED) is 0.445. The Morgan fingerprint density at radius 3 is 2.39 bits per heavy atom. The Kier molecular flexibility index (Phi) is 6.01. The lowest BCUT2D eigenvalue weighted by Crippen LogP contribution is -2.48. The number of aromatic nitrogens is 2. The van der Waals surface area contributed by atoms with E-state index in [1.165, 1.54) is 12.1 Å². The highest BCUT2D eigenvalue weighted by molar-refractivity contribution is 6.32. The summed E-state index contributed by atoms with van der Waals surface area (Å²) >= 11 is 6.40. The van der Waals surface area contributed by atoms with Crippen molar-refractivity contribution in [2.45, 2.75) is 6.92 Å². The van der Waals surface area contributed by atoms with Crippen molar-refractivity contribution in [3.8, 4) is 16.9 Å². The molecule has 3 aromatic rings. The molecule has 0 saturated carbocycles. The summed E-state index contributed by atoms with van der Waals surface area (Å²) in [4.78, 5) is 28.0. The van der Waals surface area contributed by atoms with Gasteiger partial charge in [-0.25, -0.2) is 4.68 Å². The minimum atomic E-state index is -0.447. The number of hydrogen-bond acceptors (Lipinski definition) is 5. The first kappa shape index (κ1) is 21.0. The zero-order chi connectivity index (χ0) is 22.0. The third-order valence-corrected chi connectivity index (χ3v) is 5.81. The monoisotopic (exact) mass is 439 g/mol. The molecule has 1 amide bonds. The van der Waals surface area contributed by atoms with Gasteiger partial charge < -0.3 is 9.80 Å². The first-order valence-electron chi connectivity index (χ1n) is 10.1. The smallest absolute Gasteiger partial charge is 0.272 e. The Morgan fingerprint density at radius 2 is 1.77 bits per heavy atom. The van der Waals surface area contributed by atoms with E-state index in [4.69, 9.17) is 11.6 Å². The number of carbonyl (C=O) groups excluding carboxylic acids is 1. The summed E-state index contributed by atoms with van der Waals surface area (Å²) in [5, 5.41) is 16.1. The average Bonchev–Trinajstić information content (AvgIpc) is 3.24. The van der Waals surface area contributed by atoms with Gasteiger partial charge in [-0.05, 0) is 36.9 Å². The highest BCUT2D eigenvalue weighted by Crippen LogP contribution is 2.27. The number of benzene rings is 2. The molecule has 0 unspecified atom stereocenters. The van der Waals surface area contributed by atoms with Gasteiger partial charge in [0.25, 0.3) is 11.6 Å². The summed E-state index contributed by atoms with van der Waals surface area (Å²) in [6, 6.07) is 15.0. The van der Waals surface area contributed by atoms with E-state index < -0.39 is 4.92 Å². The van der Waals surface area contributed by atoms with Crippen LogP contribution >= 0.6 is 11.6 Å². The summed E-state index contributed by atoms with van der Waals surface area (Å²) < 4.78 is 1.56. The third-order valence-electron chi connectivity index (χ3n) is 5.49. The zero-order valence-corrected chi connectivity index (χ0v) is 17.8. The fourth-order valence-corrected chi connectivity index (χ4v) is 3.88. The van der Waals surface area contributed by atoms with Gasteiger partial charge in [0.05, 0.1) is 21.3 Å². The molecule has 0 bridgehead atoms. The van der Waals surface area contributed by atoms with Gasteiger partial charge >= 0.3 is 0 Å². The van der Waals surface area contributed by atoms with E-state index in [-0.39, 0.29) is 11.6 Å². The van der Waals surface area contributed by atoms with Gasteiger partial charge in [-0.1, -0.05) is 30.7 Å². The number of carbonyl (C=O) groups is 1. The minimum Gasteiger partial charge on any atom is -0.335 e. The van der Waals surface area contributed by atoms with E-state index in [1.807, 2.05) is 17.0 Å². The fourth-order valence-electron chi connectivity index (χ4n) is 3.66. The van der Waals surface area contributed by atoms with Crippen molar-refractivity contribution in [1.82, 2.24) is 19.6 Å². The molecule has 31 heavy (non-hydrogen) atoms. The Labute approximate surface area is 184 Å². The van der Waals surface area contributed by atoms with Crippen LogP contribution in [0.15, 0.2) is 54.6 Å². The van der Waals surface area contributed by atoms with Crippen molar-refractivity contribution in [1.29, 1.82) is 0 Å². The summed E-state index contributed by atoms with van der Waals surface area (Å²) in [6.45, 7) is 6.03. The molecule has 8 nitrogen and oxygen atoms in total. The lowest BCUT2D eigenvalue weighted by molar-refractivity contribution is -0.384. The van der Waals surface area contributed by atoms with Crippen molar-refractivity contribution in [2.24, 2.45) is 0 Å². The molecule has 0 atom stereocenters. The Bertz CT molecular complexity index is 1100. The lowest BCUT2D eigenvalue weighted by atomic mass is 10.1. The number of likely N-dealkylation sites (N-methyl/N-ethyl adjacent to an activating group) is 1. The van der Waals surface area contributed by atoms with Crippen molar-refractivity contribution in [3.63, 3.8) is 0 Å². The number of amides is 1. The summed E-state index contributed by atoms with van der Waals surface area (Å²) in [5.74, 6) is -0.115. The molecular weight excluding hydrogens is 418 g/mol. The molecule has 9 heteroatoms. The predicted octanol–water partition coefficient (Wildman–Crippen LogP) is 3.88. The van der Waals surface area contributed by atoms with Crippen LogP contribution in [0.5, 0.6) is 0 Å². The largest absolute Gasteiger partial charge is 0.335 e. The molecule has 1 aliphatic heterocycles. The molecule has 1 aliphatic rings. The summed E-state index contributed by atoms with van der Waals surface area (Å²) in [5.41, 5.74) is 2.24. The number of halogens is 1. The first-order valence-corrected chi connectivity index (χ1v) is 10.5. The van der Waals surface area contributed by atoms with E-state index in [2.05, 4.69) is 16.9 Å². The molecule has 2 heterocycles. The third kappa shape index (κ3) is 4.30. The molecule has 2 aromatic carbocycles. The van der Waals surface area contributed by atoms with Gasteiger partial charge in [0.2, 0.25) is 0 Å². The molecule has 160 valence electrons. The van der Waals surface area contributed by atoms with Crippen LogP contribution in [-0.2, 0) is 0 Å². The maximum atomic E-state index is 13.4. The van der Waals surface area contributed by atoms with Gasteiger partial charge in [-0.15, -0.1) is 0 Å². The Morgan fingerprint density at radius 1 is 1.10 bits per heavy atom. The van der Waals surface area contributed by atoms with Crippen LogP contribution in [0.2, 0.25) is 5.02 Å². The SMILES string of the molecule is CCN1CCN(C(=O)c2cc(-c3ccc([N+](=O)[O-])cc3)nn2-c2ccccc2Cl)CC1. The fraction of sp³-hybridized carbons (Fsp3) is 0.273. The van der Waals surface area contributed by atoms with Gasteiger partial charge in [0.1, 0.15) is 5.69 Å². The average molecular weight is 440 g/mol. The number of para-hydroxylation sites is 1. The number of piperazine rings is 1. The van der Waals surface area contributed by atoms with E-state index in [9.17, 15) is 14.9 Å². The number of nitro benzene ring substituents is 1. The topological polar surface area (TPSA) is 84.5 Å². The highest BCUT2D eigenvalue weighted by atomic mass is 35.5. The molecule has 1 saturated heterocycles. The molecule has 0 radical (unpaired) electrons. The van der Waals surface area contributed by atoms with Gasteiger partial charge in [0, 0.05) is 43.9 Å². The molecule has 0 N–H and O–H groups in total. The number of nitro groups is 1. The predicted molar refractivity (Wildman–Crippen MR) is 119 cm³/mol. The standard InChI is InChI=1S/C22H22ClN5O3/c1-2-25-11-13-26(14-12-25)22(29)21-15-19(16-7-9-17(10-8-16)28(30)31)24-27(21)20-6-4-3-5-18(20)23/h3-10,15H,2,11-14H2,1H3. The maximum Gasteiger partial charge on any atom is 0.272 e. The number of rotatable bonds is 5. The van der Waals surface area contributed by atoms with Crippen LogP contribution < -0.4 is 0 Å². The van der Waals surface area contributed by atoms with Crippen LogP contribution in [0.1, 0.15) is 17.4 Å². The van der Waals surface area contributed by atoms with Crippen LogP contribution in [-0.4, -0.2) is 63.1 Å². The van der Waals surface area contributed by atoms with E-state index in [1.54, 1.807) is 35.0 Å². The van der Waals surface area contributed by atoms with Crippen LogP contribution in [0.25, 0.3) is 16.9 Å². The minimum absolute atomic E-state index is 0.000573. The number of hydrogen-bond donors (Lipinski definition) is 0. The number of non-ortho nitro benzene ring substituents is 1. The van der Waals surface area contributed by atoms with Crippen LogP contribution in [0.3, 0.4) is 0 Å². The molecule has 1 fully saturated rings. The number of nitrogens with zero attached hydrogens (tertiary/aromatic N) is 5. The maximum absolute atomic E-state index is 13.4. The molecule has 4 rings (SSSR count). The van der Waals surface area contributed by atoms with Gasteiger partial charge in [-0.2, -0.15) is 5.10 Å². The second kappa shape index (κ2) is 8.87. The summed E-state index contributed by atoms with van der Waals surface area (Å²) in [7, 11) is 0. The van der Waals surface area contributed by atoms with Crippen molar-refractivity contribution >= 4 is 23.2 Å². The van der Waals surface area contributed by atoms with E-state index >= 15 is 0 Å². The van der Waals surface area contributed by atoms with E-state index in [0.29, 0.717) is 40.8 Å². The molecule has 0 aliphatic carbocycles. The van der Waals surface area contributed by atoms with Gasteiger partial charge in [0.15, 0.2) is 0 Å². The van der Waals surface area contributed by atoms with Crippen molar-refractivity contribution < 1.29 is 9.72 Å². The molecular formula is C22H22ClN5O3. The molecule has 1 aromatic heterocycles. The van der Waals surface area contributed by atoms with Crippen LogP contribution in [0.4, 0.5) is 5.69 Å². The van der Waals surface area contributed by atoms with Crippen molar-refractivity contribution in [3.05, 3.63) is 75.4 Å². The Hall–Kier alpha value is -3.23.